The molecule has 0 spiro atoms. The van der Waals surface area contributed by atoms with Crippen LogP contribution in [0.2, 0.25) is 0 Å². The van der Waals surface area contributed by atoms with Crippen molar-refractivity contribution >= 4 is 0 Å². The van der Waals surface area contributed by atoms with E-state index in [2.05, 4.69) is 31.0 Å². The summed E-state index contributed by atoms with van der Waals surface area (Å²) in [6.45, 7) is 11.2. The fourth-order valence-electron chi connectivity index (χ4n) is 2.88. The number of ether oxygens (including phenoxy) is 1. The average molecular weight is 226 g/mol. The quantitative estimate of drug-likeness (QED) is 0.791. The van der Waals surface area contributed by atoms with Crippen LogP contribution in [0.25, 0.3) is 0 Å². The smallest absolute Gasteiger partial charge is 0.0781 e. The second-order valence-corrected chi connectivity index (χ2v) is 5.69. The van der Waals surface area contributed by atoms with E-state index in [1.807, 2.05) is 0 Å². The summed E-state index contributed by atoms with van der Waals surface area (Å²) in [6.07, 6.45) is 3.68. The molecule has 0 saturated carbocycles. The molecule has 16 heavy (non-hydrogen) atoms. The Hall–Kier alpha value is -0.120. The zero-order valence-electron chi connectivity index (χ0n) is 11.0. The summed E-state index contributed by atoms with van der Waals surface area (Å²) in [5.74, 6) is 0. The lowest BCUT2D eigenvalue weighted by Crippen LogP contribution is -2.58. The van der Waals surface area contributed by atoms with E-state index in [1.54, 1.807) is 0 Å². The minimum Gasteiger partial charge on any atom is -0.374 e. The van der Waals surface area contributed by atoms with Gasteiger partial charge >= 0.3 is 0 Å². The Morgan fingerprint density at radius 3 is 2.94 bits per heavy atom. The SMILES string of the molecule is CCC1CN(CC2(C)CCCO2)C(C)CN1. The van der Waals surface area contributed by atoms with Crippen molar-refractivity contribution in [2.24, 2.45) is 0 Å². The number of hydrogen-bond acceptors (Lipinski definition) is 3. The molecular formula is C13H26N2O. The van der Waals surface area contributed by atoms with Crippen LogP contribution < -0.4 is 5.32 Å². The van der Waals surface area contributed by atoms with E-state index >= 15 is 0 Å². The number of rotatable bonds is 3. The van der Waals surface area contributed by atoms with Crippen molar-refractivity contribution in [3.8, 4) is 0 Å². The van der Waals surface area contributed by atoms with Crippen molar-refractivity contribution in [2.75, 3.05) is 26.2 Å². The maximum absolute atomic E-state index is 5.90. The molecule has 1 N–H and O–H groups in total. The van der Waals surface area contributed by atoms with Crippen LogP contribution in [0.1, 0.15) is 40.0 Å². The highest BCUT2D eigenvalue weighted by molar-refractivity contribution is 4.90. The van der Waals surface area contributed by atoms with Crippen LogP contribution in [0.3, 0.4) is 0 Å². The van der Waals surface area contributed by atoms with Crippen LogP contribution in [-0.2, 0) is 4.74 Å². The van der Waals surface area contributed by atoms with Gasteiger partial charge in [-0.1, -0.05) is 6.92 Å². The number of hydrogen-bond donors (Lipinski definition) is 1. The summed E-state index contributed by atoms with van der Waals surface area (Å²) in [7, 11) is 0. The molecule has 0 amide bonds. The summed E-state index contributed by atoms with van der Waals surface area (Å²) < 4.78 is 5.90. The van der Waals surface area contributed by atoms with E-state index < -0.39 is 0 Å². The standard InChI is InChI=1S/C13H26N2O/c1-4-12-9-15(11(2)8-14-12)10-13(3)6-5-7-16-13/h11-12,14H,4-10H2,1-3H3. The molecule has 2 aliphatic rings. The molecule has 0 aromatic heterocycles. The molecule has 0 radical (unpaired) electrons. The zero-order chi connectivity index (χ0) is 11.6. The first-order chi connectivity index (χ1) is 7.63. The molecular weight excluding hydrogens is 200 g/mol. The van der Waals surface area contributed by atoms with Crippen LogP contribution in [0, 0.1) is 0 Å². The van der Waals surface area contributed by atoms with Crippen molar-refractivity contribution in [1.29, 1.82) is 0 Å². The van der Waals surface area contributed by atoms with Gasteiger partial charge in [0.1, 0.15) is 0 Å². The van der Waals surface area contributed by atoms with Gasteiger partial charge in [-0.3, -0.25) is 4.90 Å². The highest BCUT2D eigenvalue weighted by Crippen LogP contribution is 2.27. The van der Waals surface area contributed by atoms with Gasteiger partial charge in [0.05, 0.1) is 5.60 Å². The molecule has 0 aliphatic carbocycles. The summed E-state index contributed by atoms with van der Waals surface area (Å²) in [5.41, 5.74) is 0.115. The molecule has 0 bridgehead atoms. The minimum absolute atomic E-state index is 0.115. The first-order valence-corrected chi connectivity index (χ1v) is 6.74. The van der Waals surface area contributed by atoms with E-state index in [4.69, 9.17) is 4.74 Å². The van der Waals surface area contributed by atoms with Crippen LogP contribution >= 0.6 is 0 Å². The predicted octanol–water partition coefficient (Wildman–Crippen LogP) is 1.63. The average Bonchev–Trinajstić information content (AvgIpc) is 2.68. The summed E-state index contributed by atoms with van der Waals surface area (Å²) in [4.78, 5) is 2.61. The Morgan fingerprint density at radius 2 is 2.31 bits per heavy atom. The first kappa shape index (κ1) is 12.3. The van der Waals surface area contributed by atoms with Gasteiger partial charge in [-0.25, -0.2) is 0 Å². The molecule has 2 aliphatic heterocycles. The Bertz CT molecular complexity index is 226. The Kier molecular flexibility index (Phi) is 3.88. The molecule has 2 fully saturated rings. The summed E-state index contributed by atoms with van der Waals surface area (Å²) in [6, 6.07) is 1.31. The molecule has 0 aromatic rings. The molecule has 3 atom stereocenters. The topological polar surface area (TPSA) is 24.5 Å². The van der Waals surface area contributed by atoms with E-state index in [0.717, 1.165) is 19.7 Å². The molecule has 2 rings (SSSR count). The Balaban J connectivity index is 1.91. The van der Waals surface area contributed by atoms with Gasteiger partial charge in [-0.2, -0.15) is 0 Å². The van der Waals surface area contributed by atoms with Gasteiger partial charge < -0.3 is 10.1 Å². The largest absolute Gasteiger partial charge is 0.374 e. The Morgan fingerprint density at radius 1 is 1.50 bits per heavy atom. The van der Waals surface area contributed by atoms with Crippen molar-refractivity contribution < 1.29 is 4.74 Å². The van der Waals surface area contributed by atoms with Gasteiger partial charge in [-0.05, 0) is 33.1 Å². The number of nitrogens with zero attached hydrogens (tertiary/aromatic N) is 1. The highest BCUT2D eigenvalue weighted by Gasteiger charge is 2.35. The predicted molar refractivity (Wildman–Crippen MR) is 66.7 cm³/mol. The van der Waals surface area contributed by atoms with E-state index in [0.29, 0.717) is 12.1 Å². The number of piperazine rings is 1. The van der Waals surface area contributed by atoms with Gasteiger partial charge in [0, 0.05) is 38.3 Å². The Labute approximate surface area is 99.5 Å². The lowest BCUT2D eigenvalue weighted by Gasteiger charge is -2.42. The normalized spacial score (nSPS) is 41.4. The molecule has 3 unspecified atom stereocenters. The van der Waals surface area contributed by atoms with Gasteiger partial charge in [-0.15, -0.1) is 0 Å². The number of nitrogens with one attached hydrogen (secondary N) is 1. The third-order valence-electron chi connectivity index (χ3n) is 4.11. The van der Waals surface area contributed by atoms with Crippen molar-refractivity contribution in [1.82, 2.24) is 10.2 Å². The van der Waals surface area contributed by atoms with Crippen molar-refractivity contribution in [3.05, 3.63) is 0 Å². The molecule has 3 nitrogen and oxygen atoms in total. The fourth-order valence-corrected chi connectivity index (χ4v) is 2.88. The van der Waals surface area contributed by atoms with Crippen molar-refractivity contribution in [2.45, 2.75) is 57.7 Å². The van der Waals surface area contributed by atoms with Gasteiger partial charge in [0.2, 0.25) is 0 Å². The summed E-state index contributed by atoms with van der Waals surface area (Å²) in [5, 5.41) is 3.60. The van der Waals surface area contributed by atoms with Gasteiger partial charge in [0.25, 0.3) is 0 Å². The second kappa shape index (κ2) is 5.03. The van der Waals surface area contributed by atoms with Crippen LogP contribution in [0.15, 0.2) is 0 Å². The van der Waals surface area contributed by atoms with E-state index in [9.17, 15) is 0 Å². The highest BCUT2D eigenvalue weighted by atomic mass is 16.5. The lowest BCUT2D eigenvalue weighted by atomic mass is 9.99. The third-order valence-corrected chi connectivity index (χ3v) is 4.11. The fraction of sp³-hybridized carbons (Fsp3) is 1.00. The van der Waals surface area contributed by atoms with Crippen molar-refractivity contribution in [3.63, 3.8) is 0 Å². The maximum atomic E-state index is 5.90. The summed E-state index contributed by atoms with van der Waals surface area (Å²) >= 11 is 0. The zero-order valence-corrected chi connectivity index (χ0v) is 11.0. The van der Waals surface area contributed by atoms with Crippen LogP contribution in [-0.4, -0.2) is 48.8 Å². The molecule has 0 aromatic carbocycles. The molecule has 3 heteroatoms. The van der Waals surface area contributed by atoms with Crippen LogP contribution in [0.4, 0.5) is 0 Å². The van der Waals surface area contributed by atoms with E-state index in [1.165, 1.54) is 25.8 Å². The lowest BCUT2D eigenvalue weighted by molar-refractivity contribution is -0.0256. The second-order valence-electron chi connectivity index (χ2n) is 5.69. The van der Waals surface area contributed by atoms with E-state index in [-0.39, 0.29) is 5.60 Å². The minimum atomic E-state index is 0.115. The third kappa shape index (κ3) is 2.76. The first-order valence-electron chi connectivity index (χ1n) is 6.74. The molecule has 2 heterocycles. The molecule has 94 valence electrons. The maximum Gasteiger partial charge on any atom is 0.0781 e. The van der Waals surface area contributed by atoms with Gasteiger partial charge in [0.15, 0.2) is 0 Å². The monoisotopic (exact) mass is 226 g/mol. The molecule has 2 saturated heterocycles. The van der Waals surface area contributed by atoms with Crippen LogP contribution in [0.5, 0.6) is 0 Å².